The van der Waals surface area contributed by atoms with Crippen LogP contribution in [0.15, 0.2) is 12.4 Å². The van der Waals surface area contributed by atoms with E-state index in [1.165, 1.54) is 4.90 Å². The number of rotatable bonds is 2. The summed E-state index contributed by atoms with van der Waals surface area (Å²) in [7, 11) is 0. The molecule has 1 unspecified atom stereocenters. The molecule has 2 heterocycles. The predicted octanol–water partition coefficient (Wildman–Crippen LogP) is 0.223. The third-order valence-corrected chi connectivity index (χ3v) is 2.48. The number of amides is 1. The van der Waals surface area contributed by atoms with Crippen LogP contribution in [0.3, 0.4) is 0 Å². The summed E-state index contributed by atoms with van der Waals surface area (Å²) in [5, 5.41) is 8.82. The largest absolute Gasteiger partial charge is 0.481 e. The van der Waals surface area contributed by atoms with Crippen LogP contribution < -0.4 is 4.90 Å². The number of carbonyl (C=O) groups is 2. The lowest BCUT2D eigenvalue weighted by Crippen LogP contribution is -2.27. The van der Waals surface area contributed by atoms with Gasteiger partial charge in [0.05, 0.1) is 5.92 Å². The molecule has 84 valence electrons. The highest BCUT2D eigenvalue weighted by Gasteiger charge is 2.36. The van der Waals surface area contributed by atoms with Gasteiger partial charge in [0, 0.05) is 25.4 Å². The number of aliphatic carboxylic acids is 1. The summed E-state index contributed by atoms with van der Waals surface area (Å²) in [5.74, 6) is -1.57. The fourth-order valence-electron chi connectivity index (χ4n) is 1.59. The van der Waals surface area contributed by atoms with Crippen LogP contribution in [0.2, 0.25) is 0 Å². The van der Waals surface area contributed by atoms with E-state index in [1.54, 1.807) is 12.4 Å². The molecule has 1 aliphatic heterocycles. The van der Waals surface area contributed by atoms with Crippen molar-refractivity contribution in [2.24, 2.45) is 5.92 Å². The van der Waals surface area contributed by atoms with E-state index >= 15 is 0 Å². The van der Waals surface area contributed by atoms with Gasteiger partial charge in [-0.1, -0.05) is 0 Å². The number of hydrogen-bond donors (Lipinski definition) is 1. The molecule has 0 radical (unpaired) electrons. The third-order valence-electron chi connectivity index (χ3n) is 2.48. The van der Waals surface area contributed by atoms with Crippen LogP contribution in [-0.4, -0.2) is 33.5 Å². The van der Waals surface area contributed by atoms with Gasteiger partial charge in [0.2, 0.25) is 11.9 Å². The first-order valence-electron chi connectivity index (χ1n) is 4.89. The summed E-state index contributed by atoms with van der Waals surface area (Å²) in [6.45, 7) is 1.99. The molecule has 0 spiro atoms. The van der Waals surface area contributed by atoms with Crippen LogP contribution >= 0.6 is 0 Å². The van der Waals surface area contributed by atoms with Gasteiger partial charge in [0.1, 0.15) is 0 Å². The summed E-state index contributed by atoms with van der Waals surface area (Å²) in [4.78, 5) is 31.6. The first kappa shape index (κ1) is 10.5. The Morgan fingerprint density at radius 3 is 2.62 bits per heavy atom. The quantitative estimate of drug-likeness (QED) is 0.772. The number of anilines is 1. The zero-order valence-electron chi connectivity index (χ0n) is 8.75. The van der Waals surface area contributed by atoms with Gasteiger partial charge in [-0.05, 0) is 12.5 Å². The lowest BCUT2D eigenvalue weighted by Gasteiger charge is -2.12. The zero-order chi connectivity index (χ0) is 11.7. The van der Waals surface area contributed by atoms with Gasteiger partial charge in [0.15, 0.2) is 0 Å². The van der Waals surface area contributed by atoms with Gasteiger partial charge in [-0.25, -0.2) is 9.97 Å². The van der Waals surface area contributed by atoms with Gasteiger partial charge in [0.25, 0.3) is 0 Å². The smallest absolute Gasteiger partial charge is 0.308 e. The van der Waals surface area contributed by atoms with E-state index in [9.17, 15) is 9.59 Å². The van der Waals surface area contributed by atoms with Gasteiger partial charge < -0.3 is 5.11 Å². The van der Waals surface area contributed by atoms with Gasteiger partial charge >= 0.3 is 5.97 Å². The molecule has 1 aromatic heterocycles. The van der Waals surface area contributed by atoms with Crippen molar-refractivity contribution in [3.63, 3.8) is 0 Å². The van der Waals surface area contributed by atoms with Crippen LogP contribution in [0, 0.1) is 12.8 Å². The van der Waals surface area contributed by atoms with Crippen molar-refractivity contribution < 1.29 is 14.7 Å². The Hall–Kier alpha value is -1.98. The van der Waals surface area contributed by atoms with E-state index in [0.717, 1.165) is 5.56 Å². The molecule has 1 aliphatic rings. The summed E-state index contributed by atoms with van der Waals surface area (Å²) in [6.07, 6.45) is 3.22. The number of carboxylic acid groups (broad SMARTS) is 1. The number of carbonyl (C=O) groups excluding carboxylic acids is 1. The Kier molecular flexibility index (Phi) is 2.55. The van der Waals surface area contributed by atoms with Gasteiger partial charge in [-0.3, -0.25) is 14.5 Å². The highest BCUT2D eigenvalue weighted by molar-refractivity contribution is 5.97. The normalized spacial score (nSPS) is 20.2. The standard InChI is InChI=1S/C10H11N3O3/c1-6-3-11-10(12-4-6)13-5-7(9(15)16)2-8(13)14/h3-4,7H,2,5H2,1H3,(H,15,16). The Bertz CT molecular complexity index is 429. The van der Waals surface area contributed by atoms with Crippen LogP contribution in [0.25, 0.3) is 0 Å². The molecule has 2 rings (SSSR count). The summed E-state index contributed by atoms with van der Waals surface area (Å²) in [6, 6.07) is 0. The van der Waals surface area contributed by atoms with E-state index in [4.69, 9.17) is 5.11 Å². The molecule has 1 amide bonds. The molecule has 1 aromatic rings. The number of carboxylic acids is 1. The first-order chi connectivity index (χ1) is 7.58. The molecule has 0 aliphatic carbocycles. The van der Waals surface area contributed by atoms with Crippen LogP contribution in [0.5, 0.6) is 0 Å². The van der Waals surface area contributed by atoms with Crippen LogP contribution in [-0.2, 0) is 9.59 Å². The number of aryl methyl sites for hydroxylation is 1. The second-order valence-electron chi connectivity index (χ2n) is 3.80. The first-order valence-corrected chi connectivity index (χ1v) is 4.89. The third kappa shape index (κ3) is 1.86. The minimum atomic E-state index is -0.956. The molecular weight excluding hydrogens is 210 g/mol. The molecule has 1 saturated heterocycles. The Morgan fingerprint density at radius 1 is 1.50 bits per heavy atom. The molecule has 1 fully saturated rings. The molecule has 0 bridgehead atoms. The van der Waals surface area contributed by atoms with Crippen molar-refractivity contribution in [3.8, 4) is 0 Å². The van der Waals surface area contributed by atoms with E-state index in [1.807, 2.05) is 6.92 Å². The van der Waals surface area contributed by atoms with E-state index in [2.05, 4.69) is 9.97 Å². The highest BCUT2D eigenvalue weighted by Crippen LogP contribution is 2.21. The molecular formula is C10H11N3O3. The molecule has 0 aromatic carbocycles. The molecule has 1 N–H and O–H groups in total. The molecule has 6 nitrogen and oxygen atoms in total. The maximum Gasteiger partial charge on any atom is 0.308 e. The summed E-state index contributed by atoms with van der Waals surface area (Å²) >= 11 is 0. The molecule has 6 heteroatoms. The maximum absolute atomic E-state index is 11.6. The summed E-state index contributed by atoms with van der Waals surface area (Å²) < 4.78 is 0. The van der Waals surface area contributed by atoms with Crippen molar-refractivity contribution in [1.29, 1.82) is 0 Å². The maximum atomic E-state index is 11.6. The minimum absolute atomic E-state index is 0.0204. The van der Waals surface area contributed by atoms with Crippen molar-refractivity contribution >= 4 is 17.8 Å². The second-order valence-corrected chi connectivity index (χ2v) is 3.80. The Labute approximate surface area is 91.9 Å². The lowest BCUT2D eigenvalue weighted by atomic mass is 10.1. The van der Waals surface area contributed by atoms with E-state index in [0.29, 0.717) is 0 Å². The van der Waals surface area contributed by atoms with Crippen molar-refractivity contribution in [2.75, 3.05) is 11.4 Å². The van der Waals surface area contributed by atoms with Crippen molar-refractivity contribution in [3.05, 3.63) is 18.0 Å². The second kappa shape index (κ2) is 3.88. The summed E-state index contributed by atoms with van der Waals surface area (Å²) in [5.41, 5.74) is 0.894. The van der Waals surface area contributed by atoms with Crippen molar-refractivity contribution in [2.45, 2.75) is 13.3 Å². The monoisotopic (exact) mass is 221 g/mol. The van der Waals surface area contributed by atoms with Crippen molar-refractivity contribution in [1.82, 2.24) is 9.97 Å². The molecule has 1 atom stereocenters. The number of aromatic nitrogens is 2. The Morgan fingerprint density at radius 2 is 2.12 bits per heavy atom. The average molecular weight is 221 g/mol. The topological polar surface area (TPSA) is 83.4 Å². The van der Waals surface area contributed by atoms with Crippen LogP contribution in [0.4, 0.5) is 5.95 Å². The highest BCUT2D eigenvalue weighted by atomic mass is 16.4. The predicted molar refractivity (Wildman–Crippen MR) is 54.9 cm³/mol. The fourth-order valence-corrected chi connectivity index (χ4v) is 1.59. The van der Waals surface area contributed by atoms with E-state index < -0.39 is 11.9 Å². The number of nitrogens with zero attached hydrogens (tertiary/aromatic N) is 3. The lowest BCUT2D eigenvalue weighted by molar-refractivity contribution is -0.141. The van der Waals surface area contributed by atoms with Crippen LogP contribution in [0.1, 0.15) is 12.0 Å². The zero-order valence-corrected chi connectivity index (χ0v) is 8.75. The average Bonchev–Trinajstić information content (AvgIpc) is 2.62. The Balaban J connectivity index is 2.20. The van der Waals surface area contributed by atoms with Gasteiger partial charge in [-0.15, -0.1) is 0 Å². The number of hydrogen-bond acceptors (Lipinski definition) is 4. The molecule has 0 saturated carbocycles. The van der Waals surface area contributed by atoms with Gasteiger partial charge in [-0.2, -0.15) is 0 Å². The fraction of sp³-hybridized carbons (Fsp3) is 0.400. The minimum Gasteiger partial charge on any atom is -0.481 e. The molecule has 16 heavy (non-hydrogen) atoms. The van der Waals surface area contributed by atoms with E-state index in [-0.39, 0.29) is 24.8 Å². The SMILES string of the molecule is Cc1cnc(N2CC(C(=O)O)CC2=O)nc1.